The Morgan fingerprint density at radius 1 is 0.853 bits per heavy atom. The van der Waals surface area contributed by atoms with Gasteiger partial charge < -0.3 is 20.6 Å². The number of carbonyl (C=O) groups is 3. The lowest BCUT2D eigenvalue weighted by atomic mass is 10.0. The van der Waals surface area contributed by atoms with E-state index in [4.69, 9.17) is 0 Å². The summed E-state index contributed by atoms with van der Waals surface area (Å²) in [6, 6.07) is 5.93. The molecule has 1 aliphatic heterocycles. The van der Waals surface area contributed by atoms with E-state index in [1.807, 2.05) is 0 Å². The summed E-state index contributed by atoms with van der Waals surface area (Å²) in [6.45, 7) is 1.88. The number of nitrogens with one attached hydrogen (secondary N) is 1. The number of carboxylic acids is 3. The van der Waals surface area contributed by atoms with Gasteiger partial charge in [0.25, 0.3) is 5.69 Å². The molecule has 0 aromatic heterocycles. The fourth-order valence-electron chi connectivity index (χ4n) is 3.89. The molecule has 1 saturated heterocycles. The standard InChI is InChI=1S/C21H31N5O8/c27-19(28)13-23-6-5-22-17(11-16-1-3-18(4-2-16)26(33)34)12-25(15-21(31)32)10-9-24(8-7-23)14-20(29)30/h1-4,17,22H,5-15H2,(H,27,28)(H,29,30)(H,31,32). The molecule has 13 heteroatoms. The average Bonchev–Trinajstić information content (AvgIpc) is 2.73. The Morgan fingerprint density at radius 3 is 1.82 bits per heavy atom. The van der Waals surface area contributed by atoms with E-state index >= 15 is 0 Å². The summed E-state index contributed by atoms with van der Waals surface area (Å²) in [5.41, 5.74) is 0.811. The Morgan fingerprint density at radius 2 is 1.32 bits per heavy atom. The maximum atomic E-state index is 11.4. The molecular weight excluding hydrogens is 450 g/mol. The molecule has 0 bridgehead atoms. The smallest absolute Gasteiger partial charge is 0.317 e. The largest absolute Gasteiger partial charge is 0.480 e. The second-order valence-electron chi connectivity index (χ2n) is 8.25. The zero-order chi connectivity index (χ0) is 25.1. The molecule has 34 heavy (non-hydrogen) atoms. The van der Waals surface area contributed by atoms with Crippen LogP contribution in [0.15, 0.2) is 24.3 Å². The summed E-state index contributed by atoms with van der Waals surface area (Å²) in [5, 5.41) is 42.1. The third-order valence-corrected chi connectivity index (χ3v) is 5.51. The van der Waals surface area contributed by atoms with Crippen LogP contribution in [0.1, 0.15) is 5.56 Å². The van der Waals surface area contributed by atoms with E-state index < -0.39 is 22.8 Å². The molecular formula is C21H31N5O8. The Balaban J connectivity index is 2.19. The van der Waals surface area contributed by atoms with Gasteiger partial charge in [-0.05, 0) is 12.0 Å². The van der Waals surface area contributed by atoms with Crippen LogP contribution in [-0.2, 0) is 20.8 Å². The number of nitro groups is 1. The summed E-state index contributed by atoms with van der Waals surface area (Å²) in [6.07, 6.45) is 0.478. The number of rotatable bonds is 9. The lowest BCUT2D eigenvalue weighted by molar-refractivity contribution is -0.384. The molecule has 1 unspecified atom stereocenters. The van der Waals surface area contributed by atoms with Gasteiger partial charge in [0.2, 0.25) is 0 Å². The summed E-state index contributed by atoms with van der Waals surface area (Å²) >= 11 is 0. The van der Waals surface area contributed by atoms with Crippen molar-refractivity contribution in [1.29, 1.82) is 0 Å². The molecule has 188 valence electrons. The van der Waals surface area contributed by atoms with Crippen molar-refractivity contribution in [2.45, 2.75) is 12.5 Å². The van der Waals surface area contributed by atoms with Crippen molar-refractivity contribution in [2.75, 3.05) is 65.4 Å². The van der Waals surface area contributed by atoms with Crippen LogP contribution in [0, 0.1) is 10.1 Å². The number of aliphatic carboxylic acids is 3. The van der Waals surface area contributed by atoms with Crippen LogP contribution in [0.5, 0.6) is 0 Å². The maximum Gasteiger partial charge on any atom is 0.317 e. The molecule has 0 saturated carbocycles. The highest BCUT2D eigenvalue weighted by Gasteiger charge is 2.21. The van der Waals surface area contributed by atoms with Crippen LogP contribution < -0.4 is 5.32 Å². The van der Waals surface area contributed by atoms with Crippen LogP contribution in [0.2, 0.25) is 0 Å². The Kier molecular flexibility index (Phi) is 10.8. The normalized spacial score (nSPS) is 19.6. The van der Waals surface area contributed by atoms with Crippen LogP contribution in [-0.4, -0.2) is 124 Å². The van der Waals surface area contributed by atoms with Gasteiger partial charge in [-0.2, -0.15) is 0 Å². The minimum absolute atomic E-state index is 0.0225. The molecule has 1 aromatic carbocycles. The second-order valence-corrected chi connectivity index (χ2v) is 8.25. The highest BCUT2D eigenvalue weighted by molar-refractivity contribution is 5.69. The summed E-state index contributed by atoms with van der Waals surface area (Å²) in [4.78, 5) is 49.5. The van der Waals surface area contributed by atoms with Crippen molar-refractivity contribution in [2.24, 2.45) is 0 Å². The van der Waals surface area contributed by atoms with Gasteiger partial charge in [-0.1, -0.05) is 12.1 Å². The third kappa shape index (κ3) is 10.2. The fourth-order valence-corrected chi connectivity index (χ4v) is 3.89. The number of hydrogen-bond donors (Lipinski definition) is 4. The van der Waals surface area contributed by atoms with Gasteiger partial charge in [0, 0.05) is 64.0 Å². The summed E-state index contributed by atoms with van der Waals surface area (Å²) < 4.78 is 0. The SMILES string of the molecule is O=C(O)CN1CCNC(Cc2ccc([N+](=O)[O-])cc2)CN(CC(=O)O)CCN(CC(=O)O)CC1. The number of carboxylic acid groups (broad SMARTS) is 3. The first-order chi connectivity index (χ1) is 16.1. The average molecular weight is 482 g/mol. The van der Waals surface area contributed by atoms with Crippen molar-refractivity contribution in [1.82, 2.24) is 20.0 Å². The molecule has 13 nitrogen and oxygen atoms in total. The van der Waals surface area contributed by atoms with Gasteiger partial charge in [-0.3, -0.25) is 39.2 Å². The predicted molar refractivity (Wildman–Crippen MR) is 121 cm³/mol. The van der Waals surface area contributed by atoms with Crippen molar-refractivity contribution in [3.05, 3.63) is 39.9 Å². The van der Waals surface area contributed by atoms with Gasteiger partial charge >= 0.3 is 17.9 Å². The van der Waals surface area contributed by atoms with Gasteiger partial charge in [0.05, 0.1) is 24.6 Å². The predicted octanol–water partition coefficient (Wildman–Crippen LogP) is -0.731. The third-order valence-electron chi connectivity index (χ3n) is 5.51. The van der Waals surface area contributed by atoms with Crippen molar-refractivity contribution in [3.63, 3.8) is 0 Å². The zero-order valence-corrected chi connectivity index (χ0v) is 18.8. The molecule has 1 aliphatic rings. The van der Waals surface area contributed by atoms with E-state index in [2.05, 4.69) is 5.32 Å². The van der Waals surface area contributed by atoms with E-state index in [1.165, 1.54) is 12.1 Å². The number of non-ortho nitro benzene ring substituents is 1. The van der Waals surface area contributed by atoms with Crippen molar-refractivity contribution < 1.29 is 34.6 Å². The summed E-state index contributed by atoms with van der Waals surface area (Å²) in [7, 11) is 0. The highest BCUT2D eigenvalue weighted by Crippen LogP contribution is 2.14. The number of hydrogen-bond acceptors (Lipinski definition) is 9. The van der Waals surface area contributed by atoms with Crippen molar-refractivity contribution >= 4 is 23.6 Å². The first-order valence-corrected chi connectivity index (χ1v) is 10.9. The minimum Gasteiger partial charge on any atom is -0.480 e. The van der Waals surface area contributed by atoms with E-state index in [-0.39, 0.29) is 31.4 Å². The minimum atomic E-state index is -1.01. The van der Waals surface area contributed by atoms with E-state index in [0.717, 1.165) is 5.56 Å². The van der Waals surface area contributed by atoms with Gasteiger partial charge in [-0.25, -0.2) is 0 Å². The Hall–Kier alpha value is -3.13. The van der Waals surface area contributed by atoms with Crippen LogP contribution in [0.3, 0.4) is 0 Å². The first-order valence-electron chi connectivity index (χ1n) is 10.9. The Labute approximate surface area is 196 Å². The zero-order valence-electron chi connectivity index (χ0n) is 18.8. The lowest BCUT2D eigenvalue weighted by Crippen LogP contribution is -2.51. The van der Waals surface area contributed by atoms with Gasteiger partial charge in [0.1, 0.15) is 0 Å². The molecule has 0 aliphatic carbocycles. The molecule has 1 fully saturated rings. The second kappa shape index (κ2) is 13.5. The van der Waals surface area contributed by atoms with E-state index in [0.29, 0.717) is 52.2 Å². The molecule has 1 atom stereocenters. The molecule has 0 spiro atoms. The topological polar surface area (TPSA) is 177 Å². The molecule has 4 N–H and O–H groups in total. The molecule has 1 heterocycles. The molecule has 0 radical (unpaired) electrons. The van der Waals surface area contributed by atoms with E-state index in [9.17, 15) is 39.8 Å². The molecule has 2 rings (SSSR count). The summed E-state index contributed by atoms with van der Waals surface area (Å²) in [5.74, 6) is -3.00. The first kappa shape index (κ1) is 27.1. The molecule has 0 amide bonds. The quantitative estimate of drug-likeness (QED) is 0.257. The van der Waals surface area contributed by atoms with Crippen LogP contribution >= 0.6 is 0 Å². The van der Waals surface area contributed by atoms with Crippen LogP contribution in [0.25, 0.3) is 0 Å². The van der Waals surface area contributed by atoms with E-state index in [1.54, 1.807) is 26.8 Å². The molecule has 1 aromatic rings. The Bertz CT molecular complexity index is 850. The monoisotopic (exact) mass is 481 g/mol. The number of benzene rings is 1. The van der Waals surface area contributed by atoms with Crippen LogP contribution in [0.4, 0.5) is 5.69 Å². The van der Waals surface area contributed by atoms with Crippen molar-refractivity contribution in [3.8, 4) is 0 Å². The van der Waals surface area contributed by atoms with Gasteiger partial charge in [0.15, 0.2) is 0 Å². The fraction of sp³-hybridized carbons (Fsp3) is 0.571. The number of nitro benzene ring substituents is 1. The number of nitrogens with zero attached hydrogens (tertiary/aromatic N) is 4. The maximum absolute atomic E-state index is 11.4. The lowest BCUT2D eigenvalue weighted by Gasteiger charge is -2.32. The van der Waals surface area contributed by atoms with Gasteiger partial charge in [-0.15, -0.1) is 0 Å². The highest BCUT2D eigenvalue weighted by atomic mass is 16.6.